The van der Waals surface area contributed by atoms with E-state index in [4.69, 9.17) is 4.42 Å². The van der Waals surface area contributed by atoms with Crippen LogP contribution in [0, 0.1) is 0 Å². The normalized spacial score (nSPS) is 10.8. The fourth-order valence-corrected chi connectivity index (χ4v) is 2.78. The zero-order valence-corrected chi connectivity index (χ0v) is 16.6. The van der Waals surface area contributed by atoms with E-state index >= 15 is 0 Å². The van der Waals surface area contributed by atoms with Gasteiger partial charge in [-0.05, 0) is 58.8 Å². The number of nitrogens with one attached hydrogen (secondary N) is 2. The molecule has 2 N–H and O–H groups in total. The number of carbonyl (C=O) groups excluding carboxylic acids is 2. The molecule has 0 aliphatic heterocycles. The molecule has 1 aromatic carbocycles. The Morgan fingerprint density at radius 2 is 1.77 bits per heavy atom. The molecule has 0 saturated carbocycles. The zero-order chi connectivity index (χ0) is 18.9. The number of hydrogen-bond acceptors (Lipinski definition) is 4. The van der Waals surface area contributed by atoms with Crippen LogP contribution in [0.15, 0.2) is 45.5 Å². The molecule has 2 aromatic rings. The molecule has 6 nitrogen and oxygen atoms in total. The molecule has 1 heterocycles. The first kappa shape index (κ1) is 20.2. The predicted octanol–water partition coefficient (Wildman–Crippen LogP) is 3.29. The molecule has 0 atom stereocenters. The fraction of sp³-hybridized carbons (Fsp3) is 0.368. The van der Waals surface area contributed by atoms with Gasteiger partial charge >= 0.3 is 0 Å². The summed E-state index contributed by atoms with van der Waals surface area (Å²) in [6, 6.07) is 10.5. The second-order valence-electron chi connectivity index (χ2n) is 5.81. The molecule has 0 radical (unpaired) electrons. The number of hydrogen-bond donors (Lipinski definition) is 2. The average Bonchev–Trinajstić information content (AvgIpc) is 3.07. The van der Waals surface area contributed by atoms with Crippen LogP contribution in [0.2, 0.25) is 0 Å². The van der Waals surface area contributed by atoms with E-state index in [2.05, 4.69) is 45.3 Å². The summed E-state index contributed by atoms with van der Waals surface area (Å²) in [4.78, 5) is 26.3. The van der Waals surface area contributed by atoms with E-state index < -0.39 is 0 Å². The maximum atomic E-state index is 12.0. The van der Waals surface area contributed by atoms with Crippen LogP contribution in [-0.4, -0.2) is 42.9 Å². The third-order valence-electron chi connectivity index (χ3n) is 4.02. The van der Waals surface area contributed by atoms with Crippen LogP contribution < -0.4 is 10.6 Å². The van der Waals surface area contributed by atoms with Gasteiger partial charge in [-0.15, -0.1) is 0 Å². The molecule has 1 aromatic heterocycles. The van der Waals surface area contributed by atoms with Crippen molar-refractivity contribution in [2.75, 3.05) is 31.5 Å². The summed E-state index contributed by atoms with van der Waals surface area (Å²) in [6.07, 6.45) is 0.317. The lowest BCUT2D eigenvalue weighted by Crippen LogP contribution is -2.35. The minimum Gasteiger partial charge on any atom is -0.444 e. The standard InChI is InChI=1S/C19H24BrN3O3/c1-3-23(4-2)12-11-21-18(24)13-14-5-7-15(8-6-14)22-19(25)16-9-10-17(20)26-16/h5-10H,3-4,11-13H2,1-2H3,(H,21,24)(H,22,25). The van der Waals surface area contributed by atoms with Crippen molar-refractivity contribution < 1.29 is 14.0 Å². The zero-order valence-electron chi connectivity index (χ0n) is 15.0. The molecule has 0 bridgehead atoms. The highest BCUT2D eigenvalue weighted by molar-refractivity contribution is 9.10. The Balaban J connectivity index is 1.79. The van der Waals surface area contributed by atoms with Gasteiger partial charge in [-0.1, -0.05) is 26.0 Å². The number of nitrogens with zero attached hydrogens (tertiary/aromatic N) is 1. The summed E-state index contributed by atoms with van der Waals surface area (Å²) in [5.41, 5.74) is 1.54. The molecule has 26 heavy (non-hydrogen) atoms. The molecule has 7 heteroatoms. The summed E-state index contributed by atoms with van der Waals surface area (Å²) in [6.45, 7) is 7.68. The van der Waals surface area contributed by atoms with Gasteiger partial charge in [0.1, 0.15) is 0 Å². The number of amides is 2. The summed E-state index contributed by atoms with van der Waals surface area (Å²) < 4.78 is 5.72. The first-order valence-corrected chi connectivity index (χ1v) is 9.45. The van der Waals surface area contributed by atoms with E-state index in [1.54, 1.807) is 24.3 Å². The van der Waals surface area contributed by atoms with E-state index in [1.165, 1.54) is 0 Å². The quantitative estimate of drug-likeness (QED) is 0.651. The highest BCUT2D eigenvalue weighted by atomic mass is 79.9. The van der Waals surface area contributed by atoms with Crippen LogP contribution in [0.4, 0.5) is 5.69 Å². The van der Waals surface area contributed by atoms with E-state index in [1.807, 2.05) is 12.1 Å². The van der Waals surface area contributed by atoms with Crippen LogP contribution >= 0.6 is 15.9 Å². The molecule has 0 spiro atoms. The Morgan fingerprint density at radius 1 is 1.08 bits per heavy atom. The Labute approximate surface area is 162 Å². The van der Waals surface area contributed by atoms with E-state index in [0.29, 0.717) is 23.3 Å². The van der Waals surface area contributed by atoms with Crippen LogP contribution in [0.3, 0.4) is 0 Å². The molecule has 140 valence electrons. The number of rotatable bonds is 9. The molecular weight excluding hydrogens is 398 g/mol. The molecule has 0 aliphatic rings. The summed E-state index contributed by atoms with van der Waals surface area (Å²) >= 11 is 3.16. The third kappa shape index (κ3) is 6.31. The maximum Gasteiger partial charge on any atom is 0.291 e. The van der Waals surface area contributed by atoms with Gasteiger partial charge < -0.3 is 20.0 Å². The van der Waals surface area contributed by atoms with Crippen molar-refractivity contribution >= 4 is 33.4 Å². The van der Waals surface area contributed by atoms with Crippen molar-refractivity contribution in [3.8, 4) is 0 Å². The van der Waals surface area contributed by atoms with E-state index in [0.717, 1.165) is 25.2 Å². The van der Waals surface area contributed by atoms with Gasteiger partial charge in [-0.25, -0.2) is 0 Å². The Morgan fingerprint density at radius 3 is 2.35 bits per heavy atom. The largest absolute Gasteiger partial charge is 0.444 e. The van der Waals surface area contributed by atoms with Gasteiger partial charge in [-0.3, -0.25) is 9.59 Å². The SMILES string of the molecule is CCN(CC)CCNC(=O)Cc1ccc(NC(=O)c2ccc(Br)o2)cc1. The molecule has 0 aliphatic carbocycles. The van der Waals surface area contributed by atoms with E-state index in [9.17, 15) is 9.59 Å². The summed E-state index contributed by atoms with van der Waals surface area (Å²) in [5.74, 6) is -0.0968. The lowest BCUT2D eigenvalue weighted by molar-refractivity contribution is -0.120. The molecule has 2 amide bonds. The lowest BCUT2D eigenvalue weighted by Gasteiger charge is -2.17. The monoisotopic (exact) mass is 421 g/mol. The number of likely N-dealkylation sites (N-methyl/N-ethyl adjacent to an activating group) is 1. The Hall–Kier alpha value is -2.12. The van der Waals surface area contributed by atoms with E-state index in [-0.39, 0.29) is 17.6 Å². The number of benzene rings is 1. The lowest BCUT2D eigenvalue weighted by atomic mass is 10.1. The average molecular weight is 422 g/mol. The maximum absolute atomic E-state index is 12.0. The van der Waals surface area contributed by atoms with Gasteiger partial charge in [0.15, 0.2) is 10.4 Å². The van der Waals surface area contributed by atoms with Crippen molar-refractivity contribution in [2.24, 2.45) is 0 Å². The van der Waals surface area contributed by atoms with Crippen molar-refractivity contribution in [3.05, 3.63) is 52.4 Å². The second-order valence-corrected chi connectivity index (χ2v) is 6.59. The first-order valence-electron chi connectivity index (χ1n) is 8.66. The van der Waals surface area contributed by atoms with Crippen LogP contribution in [-0.2, 0) is 11.2 Å². The Kier molecular flexibility index (Phi) is 7.87. The minimum atomic E-state index is -0.322. The number of anilines is 1. The van der Waals surface area contributed by atoms with Gasteiger partial charge in [0, 0.05) is 18.8 Å². The predicted molar refractivity (Wildman–Crippen MR) is 105 cm³/mol. The summed E-state index contributed by atoms with van der Waals surface area (Å²) in [5, 5.41) is 5.69. The first-order chi connectivity index (χ1) is 12.5. The van der Waals surface area contributed by atoms with Crippen LogP contribution in [0.1, 0.15) is 30.0 Å². The second kappa shape index (κ2) is 10.1. The summed E-state index contributed by atoms with van der Waals surface area (Å²) in [7, 11) is 0. The molecule has 0 fully saturated rings. The molecule has 0 unspecified atom stereocenters. The molecule has 2 rings (SSSR count). The van der Waals surface area contributed by atoms with Gasteiger partial charge in [0.05, 0.1) is 6.42 Å². The van der Waals surface area contributed by atoms with Crippen molar-refractivity contribution in [1.29, 1.82) is 0 Å². The van der Waals surface area contributed by atoms with Gasteiger partial charge in [0.2, 0.25) is 5.91 Å². The third-order valence-corrected chi connectivity index (χ3v) is 4.44. The molecule has 0 saturated heterocycles. The van der Waals surface area contributed by atoms with Crippen molar-refractivity contribution in [3.63, 3.8) is 0 Å². The molecular formula is C19H24BrN3O3. The highest BCUT2D eigenvalue weighted by Crippen LogP contribution is 2.16. The van der Waals surface area contributed by atoms with Crippen LogP contribution in [0.25, 0.3) is 0 Å². The van der Waals surface area contributed by atoms with Crippen molar-refractivity contribution in [1.82, 2.24) is 10.2 Å². The highest BCUT2D eigenvalue weighted by Gasteiger charge is 2.11. The van der Waals surface area contributed by atoms with Gasteiger partial charge in [0.25, 0.3) is 5.91 Å². The van der Waals surface area contributed by atoms with Crippen LogP contribution in [0.5, 0.6) is 0 Å². The Bertz CT molecular complexity index is 724. The minimum absolute atomic E-state index is 0.00521. The van der Waals surface area contributed by atoms with Gasteiger partial charge in [-0.2, -0.15) is 0 Å². The van der Waals surface area contributed by atoms with Crippen molar-refractivity contribution in [2.45, 2.75) is 20.3 Å². The smallest absolute Gasteiger partial charge is 0.291 e. The fourth-order valence-electron chi connectivity index (χ4n) is 2.48. The number of furan rings is 1. The topological polar surface area (TPSA) is 74.6 Å². The number of halogens is 1. The number of carbonyl (C=O) groups is 2.